The van der Waals surface area contributed by atoms with Crippen molar-refractivity contribution in [3.05, 3.63) is 16.6 Å². The molecule has 0 saturated heterocycles. The molecule has 4 nitrogen and oxygen atoms in total. The summed E-state index contributed by atoms with van der Waals surface area (Å²) < 4.78 is 0. The van der Waals surface area contributed by atoms with Crippen LogP contribution in [0.4, 0.5) is 0 Å². The van der Waals surface area contributed by atoms with E-state index < -0.39 is 0 Å². The van der Waals surface area contributed by atoms with Gasteiger partial charge in [0.25, 0.3) is 0 Å². The third kappa shape index (κ3) is 2.28. The molecule has 0 spiro atoms. The second-order valence-electron chi connectivity index (χ2n) is 2.43. The van der Waals surface area contributed by atoms with Crippen LogP contribution in [0.3, 0.4) is 0 Å². The van der Waals surface area contributed by atoms with E-state index in [4.69, 9.17) is 5.73 Å². The van der Waals surface area contributed by atoms with Crippen molar-refractivity contribution >= 4 is 17.2 Å². The Kier molecular flexibility index (Phi) is 3.19. The van der Waals surface area contributed by atoms with Crippen molar-refractivity contribution < 1.29 is 4.79 Å². The predicted molar refractivity (Wildman–Crippen MR) is 47.6 cm³/mol. The molecule has 0 fully saturated rings. The summed E-state index contributed by atoms with van der Waals surface area (Å²) >= 11 is 1.52. The van der Waals surface area contributed by atoms with Crippen molar-refractivity contribution in [1.29, 1.82) is 0 Å². The Balaban J connectivity index is 2.47. The highest BCUT2D eigenvalue weighted by atomic mass is 32.1. The van der Waals surface area contributed by atoms with Gasteiger partial charge in [-0.25, -0.2) is 4.98 Å². The number of thiazole rings is 1. The van der Waals surface area contributed by atoms with Gasteiger partial charge >= 0.3 is 0 Å². The minimum atomic E-state index is -0.0667. The molecule has 66 valence electrons. The van der Waals surface area contributed by atoms with Crippen molar-refractivity contribution in [2.24, 2.45) is 5.73 Å². The number of carbonyl (C=O) groups is 1. The zero-order valence-corrected chi connectivity index (χ0v) is 7.67. The summed E-state index contributed by atoms with van der Waals surface area (Å²) in [6.45, 7) is 0.597. The Bertz CT molecular complexity index is 247. The van der Waals surface area contributed by atoms with E-state index >= 15 is 0 Å². The fourth-order valence-corrected chi connectivity index (χ4v) is 1.35. The summed E-state index contributed by atoms with van der Waals surface area (Å²) in [6, 6.07) is 0. The van der Waals surface area contributed by atoms with Crippen molar-refractivity contribution in [2.45, 2.75) is 6.54 Å². The third-order valence-electron chi connectivity index (χ3n) is 1.48. The fourth-order valence-electron chi connectivity index (χ4n) is 0.803. The molecule has 0 aliphatic heterocycles. The molecule has 0 aromatic carbocycles. The first kappa shape index (κ1) is 9.15. The number of hydrogen-bond donors (Lipinski definition) is 1. The lowest BCUT2D eigenvalue weighted by atomic mass is 10.4. The summed E-state index contributed by atoms with van der Waals surface area (Å²) in [5.41, 5.74) is 7.85. The molecule has 1 heterocycles. The van der Waals surface area contributed by atoms with Crippen LogP contribution in [0.5, 0.6) is 0 Å². The number of hydrogen-bond acceptors (Lipinski definition) is 4. The van der Waals surface area contributed by atoms with Gasteiger partial charge in [-0.1, -0.05) is 0 Å². The minimum Gasteiger partial charge on any atom is -0.339 e. The van der Waals surface area contributed by atoms with Gasteiger partial charge in [0, 0.05) is 12.4 Å². The van der Waals surface area contributed by atoms with Gasteiger partial charge in [0.2, 0.25) is 5.91 Å². The molecule has 1 aromatic rings. The van der Waals surface area contributed by atoms with E-state index in [0.29, 0.717) is 6.54 Å². The SMILES string of the molecule is CN(Cc1cscn1)C(=O)CN. The monoisotopic (exact) mass is 185 g/mol. The Labute approximate surface area is 75.0 Å². The average molecular weight is 185 g/mol. The molecule has 0 atom stereocenters. The average Bonchev–Trinajstić information content (AvgIpc) is 2.55. The molecular weight excluding hydrogens is 174 g/mol. The lowest BCUT2D eigenvalue weighted by Gasteiger charge is -2.13. The molecule has 1 aromatic heterocycles. The first-order valence-corrected chi connectivity index (χ1v) is 4.49. The van der Waals surface area contributed by atoms with Crippen molar-refractivity contribution in [2.75, 3.05) is 13.6 Å². The van der Waals surface area contributed by atoms with Crippen LogP contribution in [0.25, 0.3) is 0 Å². The Hall–Kier alpha value is -0.940. The van der Waals surface area contributed by atoms with Crippen LogP contribution in [-0.4, -0.2) is 29.4 Å². The highest BCUT2D eigenvalue weighted by molar-refractivity contribution is 7.07. The largest absolute Gasteiger partial charge is 0.339 e. The maximum absolute atomic E-state index is 11.0. The lowest BCUT2D eigenvalue weighted by Crippen LogP contribution is -2.32. The van der Waals surface area contributed by atoms with Crippen LogP contribution in [0.2, 0.25) is 0 Å². The first-order chi connectivity index (χ1) is 5.74. The summed E-state index contributed by atoms with van der Waals surface area (Å²) in [4.78, 5) is 16.6. The van der Waals surface area contributed by atoms with Gasteiger partial charge in [-0.3, -0.25) is 4.79 Å². The summed E-state index contributed by atoms with van der Waals surface area (Å²) in [7, 11) is 1.72. The van der Waals surface area contributed by atoms with Crippen LogP contribution >= 0.6 is 11.3 Å². The van der Waals surface area contributed by atoms with E-state index in [-0.39, 0.29) is 12.5 Å². The molecule has 0 unspecified atom stereocenters. The van der Waals surface area contributed by atoms with Gasteiger partial charge in [0.05, 0.1) is 24.3 Å². The molecule has 0 saturated carbocycles. The molecule has 1 rings (SSSR count). The molecule has 12 heavy (non-hydrogen) atoms. The molecule has 0 radical (unpaired) electrons. The van der Waals surface area contributed by atoms with Crippen molar-refractivity contribution in [1.82, 2.24) is 9.88 Å². The number of amides is 1. The first-order valence-electron chi connectivity index (χ1n) is 3.55. The zero-order chi connectivity index (χ0) is 8.97. The van der Waals surface area contributed by atoms with Gasteiger partial charge < -0.3 is 10.6 Å². The summed E-state index contributed by atoms with van der Waals surface area (Å²) in [5, 5.41) is 1.92. The smallest absolute Gasteiger partial charge is 0.236 e. The van der Waals surface area contributed by atoms with Gasteiger partial charge in [-0.15, -0.1) is 11.3 Å². The summed E-state index contributed by atoms with van der Waals surface area (Å²) in [5.74, 6) is -0.0667. The third-order valence-corrected chi connectivity index (χ3v) is 2.12. The topological polar surface area (TPSA) is 59.2 Å². The van der Waals surface area contributed by atoms with Gasteiger partial charge in [0.1, 0.15) is 0 Å². The molecule has 0 aliphatic carbocycles. The quantitative estimate of drug-likeness (QED) is 0.724. The fraction of sp³-hybridized carbons (Fsp3) is 0.429. The molecular formula is C7H11N3OS. The zero-order valence-electron chi connectivity index (χ0n) is 6.86. The van der Waals surface area contributed by atoms with E-state index in [1.807, 2.05) is 5.38 Å². The van der Waals surface area contributed by atoms with E-state index in [2.05, 4.69) is 4.98 Å². The van der Waals surface area contributed by atoms with Crippen LogP contribution in [0, 0.1) is 0 Å². The summed E-state index contributed by atoms with van der Waals surface area (Å²) in [6.07, 6.45) is 0. The number of rotatable bonds is 3. The number of likely N-dealkylation sites (N-methyl/N-ethyl adjacent to an activating group) is 1. The normalized spacial score (nSPS) is 9.83. The number of aromatic nitrogens is 1. The Morgan fingerprint density at radius 1 is 1.83 bits per heavy atom. The van der Waals surface area contributed by atoms with Crippen LogP contribution in [0.15, 0.2) is 10.9 Å². The van der Waals surface area contributed by atoms with Gasteiger partial charge in [-0.05, 0) is 0 Å². The molecule has 0 bridgehead atoms. The second-order valence-corrected chi connectivity index (χ2v) is 3.15. The Morgan fingerprint density at radius 2 is 2.58 bits per heavy atom. The van der Waals surface area contributed by atoms with E-state index in [9.17, 15) is 4.79 Å². The highest BCUT2D eigenvalue weighted by Gasteiger charge is 2.06. The second kappa shape index (κ2) is 4.18. The molecule has 5 heteroatoms. The minimum absolute atomic E-state index is 0.0562. The Morgan fingerprint density at radius 3 is 3.08 bits per heavy atom. The van der Waals surface area contributed by atoms with Crippen molar-refractivity contribution in [3.63, 3.8) is 0 Å². The lowest BCUT2D eigenvalue weighted by molar-refractivity contribution is -0.128. The molecule has 1 amide bonds. The van der Waals surface area contributed by atoms with Crippen LogP contribution in [-0.2, 0) is 11.3 Å². The van der Waals surface area contributed by atoms with E-state index in [1.165, 1.54) is 11.3 Å². The predicted octanol–water partition coefficient (Wildman–Crippen LogP) is 0.0602. The van der Waals surface area contributed by atoms with E-state index in [0.717, 1.165) is 5.69 Å². The number of nitrogens with zero attached hydrogens (tertiary/aromatic N) is 2. The molecule has 0 aliphatic rings. The van der Waals surface area contributed by atoms with Crippen molar-refractivity contribution in [3.8, 4) is 0 Å². The maximum atomic E-state index is 11.0. The van der Waals surface area contributed by atoms with Gasteiger partial charge in [-0.2, -0.15) is 0 Å². The van der Waals surface area contributed by atoms with Crippen LogP contribution < -0.4 is 5.73 Å². The number of carbonyl (C=O) groups excluding carboxylic acids is 1. The standard InChI is InChI=1S/C7H11N3OS/c1-10(7(11)2-8)3-6-4-12-5-9-6/h4-5H,2-3,8H2,1H3. The van der Waals surface area contributed by atoms with Crippen LogP contribution in [0.1, 0.15) is 5.69 Å². The highest BCUT2D eigenvalue weighted by Crippen LogP contribution is 2.03. The van der Waals surface area contributed by atoms with E-state index in [1.54, 1.807) is 17.5 Å². The maximum Gasteiger partial charge on any atom is 0.236 e. The number of nitrogens with two attached hydrogens (primary N) is 1. The molecule has 2 N–H and O–H groups in total. The van der Waals surface area contributed by atoms with Gasteiger partial charge in [0.15, 0.2) is 0 Å².